The monoisotopic (exact) mass is 316 g/mol. The van der Waals surface area contributed by atoms with Gasteiger partial charge in [0.05, 0.1) is 6.10 Å². The van der Waals surface area contributed by atoms with Gasteiger partial charge in [0.15, 0.2) is 0 Å². The minimum absolute atomic E-state index is 0.232. The molecule has 0 spiro atoms. The highest BCUT2D eigenvalue weighted by Gasteiger charge is 2.15. The minimum Gasteiger partial charge on any atom is -0.376 e. The molecular formula is C17H21FN4O. The molecular weight excluding hydrogens is 295 g/mol. The molecule has 1 unspecified atom stereocenters. The third-order valence-electron chi connectivity index (χ3n) is 3.78. The van der Waals surface area contributed by atoms with Gasteiger partial charge in [0, 0.05) is 37.0 Å². The van der Waals surface area contributed by atoms with Crippen LogP contribution in [-0.4, -0.2) is 29.2 Å². The summed E-state index contributed by atoms with van der Waals surface area (Å²) >= 11 is 0. The van der Waals surface area contributed by atoms with Crippen molar-refractivity contribution in [1.82, 2.24) is 9.97 Å². The highest BCUT2D eigenvalue weighted by molar-refractivity contribution is 5.42. The fourth-order valence-corrected chi connectivity index (χ4v) is 2.58. The second-order valence-electron chi connectivity index (χ2n) is 5.68. The lowest BCUT2D eigenvalue weighted by molar-refractivity contribution is 0.120. The number of aryl methyl sites for hydroxylation is 1. The van der Waals surface area contributed by atoms with Crippen molar-refractivity contribution < 1.29 is 9.13 Å². The van der Waals surface area contributed by atoms with E-state index in [0.29, 0.717) is 18.1 Å². The molecule has 0 aliphatic carbocycles. The number of benzene rings is 1. The molecule has 0 saturated carbocycles. The fraction of sp³-hybridized carbons (Fsp3) is 0.412. The smallest absolute Gasteiger partial charge is 0.225 e. The van der Waals surface area contributed by atoms with Gasteiger partial charge in [0.25, 0.3) is 0 Å². The van der Waals surface area contributed by atoms with E-state index < -0.39 is 0 Å². The van der Waals surface area contributed by atoms with Crippen molar-refractivity contribution in [3.8, 4) is 0 Å². The molecule has 2 heterocycles. The number of anilines is 2. The summed E-state index contributed by atoms with van der Waals surface area (Å²) in [5, 5.41) is 6.36. The first-order valence-electron chi connectivity index (χ1n) is 7.89. The van der Waals surface area contributed by atoms with Crippen LogP contribution in [0.15, 0.2) is 30.3 Å². The van der Waals surface area contributed by atoms with E-state index in [-0.39, 0.29) is 11.9 Å². The van der Waals surface area contributed by atoms with Crippen LogP contribution in [0, 0.1) is 12.7 Å². The van der Waals surface area contributed by atoms with Crippen LogP contribution in [0.25, 0.3) is 0 Å². The summed E-state index contributed by atoms with van der Waals surface area (Å²) < 4.78 is 19.2. The molecule has 1 aromatic heterocycles. The van der Waals surface area contributed by atoms with E-state index >= 15 is 0 Å². The Morgan fingerprint density at radius 1 is 1.26 bits per heavy atom. The molecule has 23 heavy (non-hydrogen) atoms. The van der Waals surface area contributed by atoms with Crippen molar-refractivity contribution in [1.29, 1.82) is 0 Å². The summed E-state index contributed by atoms with van der Waals surface area (Å²) in [6.45, 7) is 3.84. The maximum atomic E-state index is 13.6. The average Bonchev–Trinajstić information content (AvgIpc) is 3.05. The first-order chi connectivity index (χ1) is 11.2. The molecule has 1 saturated heterocycles. The lowest BCUT2D eigenvalue weighted by Crippen LogP contribution is -2.19. The van der Waals surface area contributed by atoms with E-state index in [9.17, 15) is 4.39 Å². The SMILES string of the molecule is Cc1cc(NCC2CCCO2)nc(NCc2ccccc2F)n1. The molecule has 0 radical (unpaired) electrons. The number of nitrogens with one attached hydrogen (secondary N) is 2. The Kier molecular flexibility index (Phi) is 5.02. The number of rotatable bonds is 6. The van der Waals surface area contributed by atoms with Gasteiger partial charge in [-0.1, -0.05) is 18.2 Å². The largest absolute Gasteiger partial charge is 0.376 e. The summed E-state index contributed by atoms with van der Waals surface area (Å²) in [4.78, 5) is 8.77. The van der Waals surface area contributed by atoms with Crippen LogP contribution in [-0.2, 0) is 11.3 Å². The first kappa shape index (κ1) is 15.7. The predicted molar refractivity (Wildman–Crippen MR) is 88.0 cm³/mol. The van der Waals surface area contributed by atoms with Crippen molar-refractivity contribution in [3.63, 3.8) is 0 Å². The van der Waals surface area contributed by atoms with Crippen molar-refractivity contribution in [3.05, 3.63) is 47.4 Å². The molecule has 1 fully saturated rings. The predicted octanol–water partition coefficient (Wildman–Crippen LogP) is 3.13. The van der Waals surface area contributed by atoms with Gasteiger partial charge in [-0.05, 0) is 25.8 Å². The van der Waals surface area contributed by atoms with Gasteiger partial charge >= 0.3 is 0 Å². The molecule has 3 rings (SSSR count). The van der Waals surface area contributed by atoms with Crippen molar-refractivity contribution >= 4 is 11.8 Å². The van der Waals surface area contributed by atoms with Crippen LogP contribution >= 0.6 is 0 Å². The van der Waals surface area contributed by atoms with E-state index in [1.54, 1.807) is 12.1 Å². The quantitative estimate of drug-likeness (QED) is 0.857. The van der Waals surface area contributed by atoms with Gasteiger partial charge in [-0.2, -0.15) is 4.98 Å². The Hall–Kier alpha value is -2.21. The zero-order chi connectivity index (χ0) is 16.1. The summed E-state index contributed by atoms with van der Waals surface area (Å²) in [6.07, 6.45) is 2.44. The number of hydrogen-bond acceptors (Lipinski definition) is 5. The third kappa shape index (κ3) is 4.39. The molecule has 5 nitrogen and oxygen atoms in total. The van der Waals surface area contributed by atoms with E-state index in [2.05, 4.69) is 20.6 Å². The van der Waals surface area contributed by atoms with E-state index in [1.807, 2.05) is 19.1 Å². The second kappa shape index (κ2) is 7.37. The Labute approximate surface area is 135 Å². The van der Waals surface area contributed by atoms with Crippen LogP contribution in [0.4, 0.5) is 16.2 Å². The molecule has 1 aliphatic rings. The maximum Gasteiger partial charge on any atom is 0.225 e. The van der Waals surface area contributed by atoms with Crippen LogP contribution in [0.5, 0.6) is 0 Å². The lowest BCUT2D eigenvalue weighted by atomic mass is 10.2. The Balaban J connectivity index is 1.61. The number of halogens is 1. The summed E-state index contributed by atoms with van der Waals surface area (Å²) in [6, 6.07) is 8.57. The van der Waals surface area contributed by atoms with Crippen LogP contribution < -0.4 is 10.6 Å². The molecule has 2 N–H and O–H groups in total. The van der Waals surface area contributed by atoms with Gasteiger partial charge < -0.3 is 15.4 Å². The van der Waals surface area contributed by atoms with Gasteiger partial charge in [0.1, 0.15) is 11.6 Å². The standard InChI is InChI=1S/C17H21FN4O/c1-12-9-16(19-11-14-6-4-8-23-14)22-17(21-12)20-10-13-5-2-3-7-15(13)18/h2-3,5,7,9,14H,4,6,8,10-11H2,1H3,(H2,19,20,21,22). The average molecular weight is 316 g/mol. The molecule has 2 aromatic rings. The number of nitrogens with zero attached hydrogens (tertiary/aromatic N) is 2. The van der Waals surface area contributed by atoms with E-state index in [4.69, 9.17) is 4.74 Å². The summed E-state index contributed by atoms with van der Waals surface area (Å²) in [5.74, 6) is 1.01. The van der Waals surface area contributed by atoms with Crippen LogP contribution in [0.2, 0.25) is 0 Å². The van der Waals surface area contributed by atoms with E-state index in [0.717, 1.165) is 37.5 Å². The third-order valence-corrected chi connectivity index (χ3v) is 3.78. The minimum atomic E-state index is -0.232. The van der Waals surface area contributed by atoms with Crippen LogP contribution in [0.1, 0.15) is 24.1 Å². The molecule has 1 atom stereocenters. The van der Waals surface area contributed by atoms with Crippen molar-refractivity contribution in [2.45, 2.75) is 32.4 Å². The number of ether oxygens (including phenoxy) is 1. The number of aromatic nitrogens is 2. The zero-order valence-electron chi connectivity index (χ0n) is 13.2. The molecule has 1 aromatic carbocycles. The van der Waals surface area contributed by atoms with Crippen molar-refractivity contribution in [2.24, 2.45) is 0 Å². The van der Waals surface area contributed by atoms with E-state index in [1.165, 1.54) is 6.07 Å². The molecule has 0 amide bonds. The Morgan fingerprint density at radius 2 is 2.13 bits per heavy atom. The highest BCUT2D eigenvalue weighted by Crippen LogP contribution is 2.15. The first-order valence-corrected chi connectivity index (χ1v) is 7.89. The van der Waals surface area contributed by atoms with Gasteiger partial charge in [-0.3, -0.25) is 0 Å². The lowest BCUT2D eigenvalue weighted by Gasteiger charge is -2.13. The fourth-order valence-electron chi connectivity index (χ4n) is 2.58. The van der Waals surface area contributed by atoms with Crippen LogP contribution in [0.3, 0.4) is 0 Å². The number of hydrogen-bond donors (Lipinski definition) is 2. The Bertz CT molecular complexity index is 659. The van der Waals surface area contributed by atoms with Gasteiger partial charge in [0.2, 0.25) is 5.95 Å². The molecule has 1 aliphatic heterocycles. The zero-order valence-corrected chi connectivity index (χ0v) is 13.2. The highest BCUT2D eigenvalue weighted by atomic mass is 19.1. The van der Waals surface area contributed by atoms with Gasteiger partial charge in [-0.15, -0.1) is 0 Å². The topological polar surface area (TPSA) is 59.1 Å². The summed E-state index contributed by atoms with van der Waals surface area (Å²) in [7, 11) is 0. The molecule has 0 bridgehead atoms. The maximum absolute atomic E-state index is 13.6. The van der Waals surface area contributed by atoms with Crippen molar-refractivity contribution in [2.75, 3.05) is 23.8 Å². The molecule has 122 valence electrons. The normalized spacial score (nSPS) is 17.2. The molecule has 6 heteroatoms. The second-order valence-corrected chi connectivity index (χ2v) is 5.68. The Morgan fingerprint density at radius 3 is 2.91 bits per heavy atom. The summed E-state index contributed by atoms with van der Waals surface area (Å²) in [5.41, 5.74) is 1.44. The van der Waals surface area contributed by atoms with Gasteiger partial charge in [-0.25, -0.2) is 9.37 Å².